The summed E-state index contributed by atoms with van der Waals surface area (Å²) >= 11 is 6.08. The van der Waals surface area contributed by atoms with Gasteiger partial charge in [-0.25, -0.2) is 9.69 Å². The van der Waals surface area contributed by atoms with Crippen LogP contribution in [0, 0.1) is 5.92 Å². The van der Waals surface area contributed by atoms with E-state index in [2.05, 4.69) is 10.3 Å². The van der Waals surface area contributed by atoms with Gasteiger partial charge in [-0.05, 0) is 25.0 Å². The zero-order valence-electron chi connectivity index (χ0n) is 13.5. The number of benzene rings is 1. The van der Waals surface area contributed by atoms with Crippen molar-refractivity contribution >= 4 is 41.3 Å². The minimum atomic E-state index is -1.18. The number of carbonyl (C=O) groups excluding carboxylic acids is 3. The van der Waals surface area contributed by atoms with Gasteiger partial charge in [-0.3, -0.25) is 19.9 Å². The number of hydrogen-bond donors (Lipinski definition) is 2. The molecule has 0 unspecified atom stereocenters. The first-order valence-electron chi connectivity index (χ1n) is 8.21. The molecule has 1 aliphatic heterocycles. The normalized spacial score (nSPS) is 27.7. The number of imide groups is 2. The van der Waals surface area contributed by atoms with Crippen LogP contribution in [-0.2, 0) is 9.59 Å². The molecule has 1 heterocycles. The van der Waals surface area contributed by atoms with Crippen LogP contribution in [0.1, 0.15) is 25.7 Å². The van der Waals surface area contributed by atoms with Crippen LogP contribution in [0.2, 0.25) is 5.02 Å². The summed E-state index contributed by atoms with van der Waals surface area (Å²) in [5, 5.41) is 2.42. The lowest BCUT2D eigenvalue weighted by atomic mass is 9.91. The fraction of sp³-hybridized carbons (Fsp3) is 0.412. The fourth-order valence-corrected chi connectivity index (χ4v) is 3.32. The van der Waals surface area contributed by atoms with Crippen molar-refractivity contribution in [1.29, 1.82) is 0 Å². The summed E-state index contributed by atoms with van der Waals surface area (Å²) < 4.78 is 0. The van der Waals surface area contributed by atoms with Crippen molar-refractivity contribution in [1.82, 2.24) is 5.32 Å². The SMILES string of the molecule is N[C@H]1CCCC[C@@H]1N=C[C@@H]1C(=O)NC(=O)N(c2ccccc2Cl)C1=O. The van der Waals surface area contributed by atoms with E-state index < -0.39 is 23.8 Å². The first-order chi connectivity index (χ1) is 12.0. The Balaban J connectivity index is 1.84. The second kappa shape index (κ2) is 7.33. The van der Waals surface area contributed by atoms with Gasteiger partial charge in [0.2, 0.25) is 5.91 Å². The molecule has 0 radical (unpaired) electrons. The third-order valence-corrected chi connectivity index (χ3v) is 4.82. The molecule has 3 atom stereocenters. The van der Waals surface area contributed by atoms with Crippen molar-refractivity contribution in [3.8, 4) is 0 Å². The molecule has 132 valence electrons. The molecule has 1 aromatic carbocycles. The van der Waals surface area contributed by atoms with E-state index in [1.165, 1.54) is 6.21 Å². The van der Waals surface area contributed by atoms with Crippen molar-refractivity contribution in [2.75, 3.05) is 4.90 Å². The van der Waals surface area contributed by atoms with Crippen molar-refractivity contribution < 1.29 is 14.4 Å². The van der Waals surface area contributed by atoms with Gasteiger partial charge in [-0.15, -0.1) is 0 Å². The number of halogens is 1. The van der Waals surface area contributed by atoms with E-state index >= 15 is 0 Å². The molecule has 7 nitrogen and oxygen atoms in total. The van der Waals surface area contributed by atoms with E-state index in [4.69, 9.17) is 17.3 Å². The molecule has 2 aliphatic rings. The number of hydrogen-bond acceptors (Lipinski definition) is 5. The maximum Gasteiger partial charge on any atom is 0.335 e. The Morgan fingerprint density at radius 2 is 1.92 bits per heavy atom. The Labute approximate surface area is 150 Å². The Morgan fingerprint density at radius 3 is 2.64 bits per heavy atom. The number of amides is 4. The van der Waals surface area contributed by atoms with Gasteiger partial charge >= 0.3 is 6.03 Å². The number of anilines is 1. The van der Waals surface area contributed by atoms with Crippen LogP contribution >= 0.6 is 11.6 Å². The van der Waals surface area contributed by atoms with Crippen LogP contribution in [0.5, 0.6) is 0 Å². The number of aliphatic imine (C=N–C) groups is 1. The predicted octanol–water partition coefficient (Wildman–Crippen LogP) is 1.88. The molecule has 0 spiro atoms. The van der Waals surface area contributed by atoms with Crippen LogP contribution in [0.15, 0.2) is 29.3 Å². The van der Waals surface area contributed by atoms with E-state index in [9.17, 15) is 14.4 Å². The number of nitrogens with one attached hydrogen (secondary N) is 1. The summed E-state index contributed by atoms with van der Waals surface area (Å²) in [4.78, 5) is 42.2. The third-order valence-electron chi connectivity index (χ3n) is 4.50. The molecule has 3 rings (SSSR count). The number of rotatable bonds is 3. The highest BCUT2D eigenvalue weighted by Crippen LogP contribution is 2.28. The number of para-hydroxylation sites is 1. The van der Waals surface area contributed by atoms with Crippen molar-refractivity contribution in [3.05, 3.63) is 29.3 Å². The Hall–Kier alpha value is -2.25. The lowest BCUT2D eigenvalue weighted by molar-refractivity contribution is -0.131. The maximum atomic E-state index is 12.7. The maximum absolute atomic E-state index is 12.7. The predicted molar refractivity (Wildman–Crippen MR) is 94.7 cm³/mol. The molecule has 1 saturated heterocycles. The molecule has 2 fully saturated rings. The first kappa shape index (κ1) is 17.6. The molecule has 1 aromatic rings. The Morgan fingerprint density at radius 1 is 1.20 bits per heavy atom. The number of barbiturate groups is 1. The summed E-state index contributed by atoms with van der Waals surface area (Å²) in [6.45, 7) is 0. The second-order valence-corrected chi connectivity index (χ2v) is 6.62. The van der Waals surface area contributed by atoms with Crippen molar-refractivity contribution in [2.24, 2.45) is 16.6 Å². The summed E-state index contributed by atoms with van der Waals surface area (Å²) in [6, 6.07) is 5.45. The average molecular weight is 363 g/mol. The number of nitrogens with two attached hydrogens (primary N) is 1. The lowest BCUT2D eigenvalue weighted by Gasteiger charge is -2.30. The Kier molecular flexibility index (Phi) is 5.15. The van der Waals surface area contributed by atoms with Gasteiger partial charge in [-0.1, -0.05) is 36.6 Å². The van der Waals surface area contributed by atoms with Crippen LogP contribution in [0.3, 0.4) is 0 Å². The monoisotopic (exact) mass is 362 g/mol. The molecule has 0 bridgehead atoms. The fourth-order valence-electron chi connectivity index (χ4n) is 3.10. The van der Waals surface area contributed by atoms with Gasteiger partial charge in [0, 0.05) is 12.3 Å². The van der Waals surface area contributed by atoms with Crippen LogP contribution in [0.4, 0.5) is 10.5 Å². The second-order valence-electron chi connectivity index (χ2n) is 6.21. The van der Waals surface area contributed by atoms with Gasteiger partial charge in [-0.2, -0.15) is 0 Å². The largest absolute Gasteiger partial charge is 0.335 e. The summed E-state index contributed by atoms with van der Waals surface area (Å²) in [6.07, 6.45) is 5.09. The zero-order valence-corrected chi connectivity index (χ0v) is 14.3. The number of urea groups is 1. The van der Waals surface area contributed by atoms with Crippen LogP contribution in [-0.4, -0.2) is 36.1 Å². The summed E-state index contributed by atoms with van der Waals surface area (Å²) in [7, 11) is 0. The van der Waals surface area contributed by atoms with Gasteiger partial charge < -0.3 is 5.73 Å². The lowest BCUT2D eigenvalue weighted by Crippen LogP contribution is -2.58. The standard InChI is InChI=1S/C17H19ClN4O3/c18-11-5-1-4-8-14(11)22-16(24)10(15(23)21-17(22)25)9-20-13-7-3-2-6-12(13)19/h1,4-5,8-10,12-13H,2-3,6-7,19H2,(H,21,23,25)/t10-,12+,13+/m1/s1. The van der Waals surface area contributed by atoms with E-state index in [1.807, 2.05) is 0 Å². The smallest absolute Gasteiger partial charge is 0.326 e. The molecular formula is C17H19ClN4O3. The molecule has 8 heteroatoms. The highest BCUT2D eigenvalue weighted by atomic mass is 35.5. The van der Waals surface area contributed by atoms with Crippen LogP contribution in [0.25, 0.3) is 0 Å². The minimum Gasteiger partial charge on any atom is -0.326 e. The molecule has 25 heavy (non-hydrogen) atoms. The average Bonchev–Trinajstić information content (AvgIpc) is 2.57. The zero-order chi connectivity index (χ0) is 18.0. The van der Waals surface area contributed by atoms with Crippen molar-refractivity contribution in [2.45, 2.75) is 37.8 Å². The van der Waals surface area contributed by atoms with Gasteiger partial charge in [0.05, 0.1) is 16.8 Å². The van der Waals surface area contributed by atoms with E-state index in [0.717, 1.165) is 30.6 Å². The number of nitrogens with zero attached hydrogens (tertiary/aromatic N) is 2. The molecule has 3 N–H and O–H groups in total. The molecule has 4 amide bonds. The van der Waals surface area contributed by atoms with E-state index in [1.54, 1.807) is 24.3 Å². The van der Waals surface area contributed by atoms with E-state index in [-0.39, 0.29) is 22.8 Å². The molecule has 1 aliphatic carbocycles. The highest BCUT2D eigenvalue weighted by Gasteiger charge is 2.41. The van der Waals surface area contributed by atoms with Gasteiger partial charge in [0.25, 0.3) is 5.91 Å². The molecule has 1 saturated carbocycles. The quantitative estimate of drug-likeness (QED) is 0.632. The van der Waals surface area contributed by atoms with E-state index in [0.29, 0.717) is 0 Å². The van der Waals surface area contributed by atoms with Crippen LogP contribution < -0.4 is 16.0 Å². The van der Waals surface area contributed by atoms with Gasteiger partial charge in [0.15, 0.2) is 5.92 Å². The Bertz CT molecular complexity index is 736. The van der Waals surface area contributed by atoms with Gasteiger partial charge in [0.1, 0.15) is 0 Å². The third kappa shape index (κ3) is 3.57. The first-order valence-corrected chi connectivity index (χ1v) is 8.59. The van der Waals surface area contributed by atoms with Crippen molar-refractivity contribution in [3.63, 3.8) is 0 Å². The molecule has 0 aromatic heterocycles. The summed E-state index contributed by atoms with van der Waals surface area (Å²) in [5.41, 5.74) is 6.27. The topological polar surface area (TPSA) is 105 Å². The minimum absolute atomic E-state index is 0.0759. The highest BCUT2D eigenvalue weighted by molar-refractivity contribution is 6.38. The number of carbonyl (C=O) groups is 3. The summed E-state index contributed by atoms with van der Waals surface area (Å²) in [5.74, 6) is -2.54. The molecular weight excluding hydrogens is 344 g/mol.